The summed E-state index contributed by atoms with van der Waals surface area (Å²) < 4.78 is 0. The van der Waals surface area contributed by atoms with E-state index in [1.54, 1.807) is 11.1 Å². The molecule has 0 radical (unpaired) electrons. The molecule has 102 valence electrons. The Morgan fingerprint density at radius 3 is 2.30 bits per heavy atom. The highest BCUT2D eigenvalue weighted by Gasteiger charge is 2.20. The molecule has 0 aromatic heterocycles. The molecule has 1 aliphatic rings. The summed E-state index contributed by atoms with van der Waals surface area (Å²) >= 11 is 0. The molecule has 3 rings (SSSR count). The van der Waals surface area contributed by atoms with Crippen LogP contribution in [0.4, 0.5) is 0 Å². The first-order chi connectivity index (χ1) is 9.75. The van der Waals surface area contributed by atoms with E-state index < -0.39 is 0 Å². The minimum Gasteiger partial charge on any atom is -0.0625 e. The van der Waals surface area contributed by atoms with Crippen molar-refractivity contribution < 1.29 is 0 Å². The van der Waals surface area contributed by atoms with E-state index in [1.807, 2.05) is 0 Å². The van der Waals surface area contributed by atoms with Crippen molar-refractivity contribution in [1.82, 2.24) is 0 Å². The first kappa shape index (κ1) is 13.2. The molecular weight excluding hydrogens is 240 g/mol. The molecule has 0 unspecified atom stereocenters. The molecule has 0 heterocycles. The van der Waals surface area contributed by atoms with E-state index in [2.05, 4.69) is 68.4 Å². The van der Waals surface area contributed by atoms with Crippen LogP contribution >= 0.6 is 0 Å². The van der Waals surface area contributed by atoms with Crippen LogP contribution in [0, 0.1) is 5.92 Å². The van der Waals surface area contributed by atoms with Crippen molar-refractivity contribution in [3.05, 3.63) is 71.3 Å². The molecule has 2 aromatic rings. The third-order valence-electron chi connectivity index (χ3n) is 4.09. The lowest BCUT2D eigenvalue weighted by Gasteiger charge is -2.25. The molecule has 2 aromatic carbocycles. The second kappa shape index (κ2) is 5.66. The summed E-state index contributed by atoms with van der Waals surface area (Å²) in [6.45, 7) is 4.62. The zero-order valence-electron chi connectivity index (χ0n) is 12.4. The van der Waals surface area contributed by atoms with Crippen LogP contribution in [0.5, 0.6) is 0 Å². The van der Waals surface area contributed by atoms with Gasteiger partial charge in [0.1, 0.15) is 0 Å². The van der Waals surface area contributed by atoms with Gasteiger partial charge in [0.2, 0.25) is 0 Å². The maximum Gasteiger partial charge on any atom is -0.0189 e. The summed E-state index contributed by atoms with van der Waals surface area (Å²) in [5.74, 6) is 0.690. The number of aryl methyl sites for hydroxylation is 1. The maximum atomic E-state index is 2.31. The summed E-state index contributed by atoms with van der Waals surface area (Å²) in [5, 5.41) is 0. The summed E-state index contributed by atoms with van der Waals surface area (Å²) in [4.78, 5) is 0. The Morgan fingerprint density at radius 1 is 0.850 bits per heavy atom. The Hall–Kier alpha value is -1.82. The molecule has 0 aliphatic heterocycles. The van der Waals surface area contributed by atoms with Crippen molar-refractivity contribution in [3.63, 3.8) is 0 Å². The largest absolute Gasteiger partial charge is 0.0625 e. The van der Waals surface area contributed by atoms with Gasteiger partial charge in [-0.05, 0) is 53.0 Å². The molecule has 0 saturated heterocycles. The Balaban J connectivity index is 2.14. The molecule has 0 fully saturated rings. The van der Waals surface area contributed by atoms with Crippen LogP contribution in [-0.4, -0.2) is 0 Å². The van der Waals surface area contributed by atoms with Gasteiger partial charge < -0.3 is 0 Å². The van der Waals surface area contributed by atoms with E-state index in [4.69, 9.17) is 0 Å². The molecule has 0 N–H and O–H groups in total. The summed E-state index contributed by atoms with van der Waals surface area (Å²) in [6.07, 6.45) is 3.51. The molecule has 0 heteroatoms. The van der Waals surface area contributed by atoms with Crippen LogP contribution in [0.1, 0.15) is 43.4 Å². The lowest BCUT2D eigenvalue weighted by Crippen LogP contribution is -2.06. The first-order valence-corrected chi connectivity index (χ1v) is 7.61. The van der Waals surface area contributed by atoms with Gasteiger partial charge in [0.05, 0.1) is 0 Å². The van der Waals surface area contributed by atoms with Crippen molar-refractivity contribution in [2.24, 2.45) is 5.92 Å². The van der Waals surface area contributed by atoms with Gasteiger partial charge in [-0.2, -0.15) is 0 Å². The molecule has 0 bridgehead atoms. The van der Waals surface area contributed by atoms with Gasteiger partial charge >= 0.3 is 0 Å². The highest BCUT2D eigenvalue weighted by Crippen LogP contribution is 2.39. The first-order valence-electron chi connectivity index (χ1n) is 7.61. The van der Waals surface area contributed by atoms with Crippen molar-refractivity contribution >= 4 is 11.1 Å². The van der Waals surface area contributed by atoms with E-state index in [0.717, 1.165) is 0 Å². The molecule has 0 spiro atoms. The summed E-state index contributed by atoms with van der Waals surface area (Å²) in [5.41, 5.74) is 7.51. The molecule has 1 aliphatic carbocycles. The van der Waals surface area contributed by atoms with Crippen LogP contribution < -0.4 is 0 Å². The topological polar surface area (TPSA) is 0 Å². The van der Waals surface area contributed by atoms with Crippen LogP contribution in [0.3, 0.4) is 0 Å². The van der Waals surface area contributed by atoms with E-state index >= 15 is 0 Å². The second-order valence-corrected chi connectivity index (χ2v) is 6.08. The number of benzene rings is 2. The van der Waals surface area contributed by atoms with Gasteiger partial charge in [0, 0.05) is 0 Å². The van der Waals surface area contributed by atoms with Gasteiger partial charge in [0.15, 0.2) is 0 Å². The van der Waals surface area contributed by atoms with Crippen molar-refractivity contribution in [2.75, 3.05) is 0 Å². The molecule has 20 heavy (non-hydrogen) atoms. The number of rotatable bonds is 3. The Bertz CT molecular complexity index is 617. The molecular formula is C20H22. The standard InChI is InChI=1S/C20H22/c1-15(2)14-20-18-11-7-6-10-17(18)12-13-19(20)16-8-4-3-5-9-16/h3-11,15H,12-14H2,1-2H3. The molecule has 0 amide bonds. The summed E-state index contributed by atoms with van der Waals surface area (Å²) in [6, 6.07) is 19.8. The number of hydrogen-bond donors (Lipinski definition) is 0. The Morgan fingerprint density at radius 2 is 1.55 bits per heavy atom. The average molecular weight is 262 g/mol. The Labute approximate surface area is 122 Å². The zero-order valence-corrected chi connectivity index (χ0v) is 12.4. The molecule has 0 atom stereocenters. The highest BCUT2D eigenvalue weighted by molar-refractivity contribution is 5.93. The van der Waals surface area contributed by atoms with Gasteiger partial charge in [0.25, 0.3) is 0 Å². The summed E-state index contributed by atoms with van der Waals surface area (Å²) in [7, 11) is 0. The van der Waals surface area contributed by atoms with E-state index in [-0.39, 0.29) is 0 Å². The average Bonchev–Trinajstić information content (AvgIpc) is 2.48. The number of hydrogen-bond acceptors (Lipinski definition) is 0. The zero-order chi connectivity index (χ0) is 13.9. The monoisotopic (exact) mass is 262 g/mol. The predicted molar refractivity (Wildman–Crippen MR) is 87.5 cm³/mol. The predicted octanol–water partition coefficient (Wildman–Crippen LogP) is 5.59. The van der Waals surface area contributed by atoms with Crippen LogP contribution in [0.2, 0.25) is 0 Å². The minimum atomic E-state index is 0.690. The lowest BCUT2D eigenvalue weighted by molar-refractivity contribution is 0.671. The third kappa shape index (κ3) is 2.56. The second-order valence-electron chi connectivity index (χ2n) is 6.08. The van der Waals surface area contributed by atoms with Gasteiger partial charge in [-0.25, -0.2) is 0 Å². The van der Waals surface area contributed by atoms with Gasteiger partial charge in [-0.3, -0.25) is 0 Å². The van der Waals surface area contributed by atoms with Gasteiger partial charge in [-0.1, -0.05) is 68.4 Å². The number of allylic oxidation sites excluding steroid dienone is 2. The fourth-order valence-electron chi connectivity index (χ4n) is 3.21. The van der Waals surface area contributed by atoms with Crippen molar-refractivity contribution in [1.29, 1.82) is 0 Å². The number of fused-ring (bicyclic) bond motifs is 1. The smallest absolute Gasteiger partial charge is 0.0189 e. The van der Waals surface area contributed by atoms with E-state index in [0.29, 0.717) is 5.92 Å². The van der Waals surface area contributed by atoms with E-state index in [9.17, 15) is 0 Å². The lowest BCUT2D eigenvalue weighted by atomic mass is 9.80. The highest BCUT2D eigenvalue weighted by atomic mass is 14.2. The fraction of sp³-hybridized carbons (Fsp3) is 0.300. The fourth-order valence-corrected chi connectivity index (χ4v) is 3.21. The van der Waals surface area contributed by atoms with Crippen LogP contribution in [-0.2, 0) is 6.42 Å². The van der Waals surface area contributed by atoms with Crippen LogP contribution in [0.15, 0.2) is 54.6 Å². The molecule has 0 nitrogen and oxygen atoms in total. The van der Waals surface area contributed by atoms with Gasteiger partial charge in [-0.15, -0.1) is 0 Å². The minimum absolute atomic E-state index is 0.690. The van der Waals surface area contributed by atoms with Crippen LogP contribution in [0.25, 0.3) is 11.1 Å². The third-order valence-corrected chi connectivity index (χ3v) is 4.09. The SMILES string of the molecule is CC(C)CC1=C(c2ccccc2)CCc2ccccc21. The van der Waals surface area contributed by atoms with Crippen molar-refractivity contribution in [2.45, 2.75) is 33.1 Å². The Kier molecular flexibility index (Phi) is 3.73. The quantitative estimate of drug-likeness (QED) is 0.676. The van der Waals surface area contributed by atoms with Crippen molar-refractivity contribution in [3.8, 4) is 0 Å². The normalized spacial score (nSPS) is 14.6. The van der Waals surface area contributed by atoms with E-state index in [1.165, 1.54) is 36.0 Å². The maximum absolute atomic E-state index is 2.31. The molecule has 0 saturated carbocycles.